The fraction of sp³-hybridized carbons (Fsp3) is 0.263. The molecule has 1 aliphatic rings. The predicted octanol–water partition coefficient (Wildman–Crippen LogP) is 7.34. The molecule has 0 aliphatic carbocycles. The van der Waals surface area contributed by atoms with Gasteiger partial charge in [0.1, 0.15) is 36.2 Å². The summed E-state index contributed by atoms with van der Waals surface area (Å²) in [4.78, 5) is 2.73. The van der Waals surface area contributed by atoms with Gasteiger partial charge in [-0.25, -0.2) is 8.42 Å². The molecule has 1 fully saturated rings. The largest absolute Gasteiger partial charge is 0.492 e. The van der Waals surface area contributed by atoms with Gasteiger partial charge in [0.2, 0.25) is 0 Å². The quantitative estimate of drug-likeness (QED) is 0.163. The molecule has 1 saturated heterocycles. The Balaban J connectivity index is 1.24. The molecule has 0 spiro atoms. The standard InChI is InChI=1S/C38H40N2O5S/c1-27-25-40(28(2)24-39-27)21-22-43-32-12-14-33(15-13-32)45-38-36(30-9-17-35(18-10-30)46(3,41)42)19-11-31-23-34(16-20-37(31)38)44-26-29-7-5-4-6-8-29/h4-20,23,27-28,39H,21-22,24-26H2,1-3H3/t27-,28+/m1/s1. The Morgan fingerprint density at radius 3 is 2.26 bits per heavy atom. The Morgan fingerprint density at radius 1 is 0.804 bits per heavy atom. The highest BCUT2D eigenvalue weighted by atomic mass is 32.2. The molecule has 0 unspecified atom stereocenters. The number of hydrogen-bond donors (Lipinski definition) is 1. The van der Waals surface area contributed by atoms with Crippen LogP contribution >= 0.6 is 0 Å². The zero-order valence-corrected chi connectivity index (χ0v) is 27.3. The third-order valence-corrected chi connectivity index (χ3v) is 9.50. The summed E-state index contributed by atoms with van der Waals surface area (Å²) < 4.78 is 43.0. The van der Waals surface area contributed by atoms with E-state index in [9.17, 15) is 8.42 Å². The number of nitrogens with one attached hydrogen (secondary N) is 1. The van der Waals surface area contributed by atoms with Crippen molar-refractivity contribution in [3.05, 3.63) is 115 Å². The van der Waals surface area contributed by atoms with E-state index in [-0.39, 0.29) is 4.90 Å². The van der Waals surface area contributed by atoms with Crippen molar-refractivity contribution in [1.82, 2.24) is 10.2 Å². The lowest BCUT2D eigenvalue weighted by molar-refractivity contribution is 0.123. The number of ether oxygens (including phenoxy) is 3. The first kappa shape index (κ1) is 31.6. The maximum Gasteiger partial charge on any atom is 0.175 e. The van der Waals surface area contributed by atoms with Crippen LogP contribution < -0.4 is 19.5 Å². The summed E-state index contributed by atoms with van der Waals surface area (Å²) in [6, 6.07) is 35.6. The van der Waals surface area contributed by atoms with Crippen LogP contribution in [-0.2, 0) is 16.4 Å². The zero-order chi connectivity index (χ0) is 32.1. The minimum Gasteiger partial charge on any atom is -0.492 e. The van der Waals surface area contributed by atoms with Crippen molar-refractivity contribution in [3.63, 3.8) is 0 Å². The Morgan fingerprint density at radius 2 is 1.52 bits per heavy atom. The van der Waals surface area contributed by atoms with Crippen molar-refractivity contribution in [2.75, 3.05) is 32.5 Å². The van der Waals surface area contributed by atoms with Crippen LogP contribution in [0.2, 0.25) is 0 Å². The predicted molar refractivity (Wildman–Crippen MR) is 184 cm³/mol. The van der Waals surface area contributed by atoms with Crippen molar-refractivity contribution in [2.45, 2.75) is 37.4 Å². The van der Waals surface area contributed by atoms with E-state index >= 15 is 0 Å². The number of hydrogen-bond acceptors (Lipinski definition) is 7. The number of fused-ring (bicyclic) bond motifs is 1. The van der Waals surface area contributed by atoms with E-state index < -0.39 is 9.84 Å². The summed E-state index contributed by atoms with van der Waals surface area (Å²) in [5, 5.41) is 5.40. The summed E-state index contributed by atoms with van der Waals surface area (Å²) in [5.41, 5.74) is 2.80. The second-order valence-corrected chi connectivity index (χ2v) is 14.0. The number of sulfone groups is 1. The van der Waals surface area contributed by atoms with Crippen LogP contribution in [-0.4, -0.2) is 57.9 Å². The molecule has 46 heavy (non-hydrogen) atoms. The minimum absolute atomic E-state index is 0.274. The summed E-state index contributed by atoms with van der Waals surface area (Å²) in [7, 11) is -3.31. The van der Waals surface area contributed by atoms with Gasteiger partial charge in [0.15, 0.2) is 9.84 Å². The molecule has 2 atom stereocenters. The van der Waals surface area contributed by atoms with E-state index in [1.807, 2.05) is 97.1 Å². The molecule has 0 saturated carbocycles. The number of nitrogens with zero attached hydrogens (tertiary/aromatic N) is 1. The van der Waals surface area contributed by atoms with Crippen LogP contribution in [0.4, 0.5) is 0 Å². The molecule has 238 valence electrons. The van der Waals surface area contributed by atoms with E-state index in [1.165, 1.54) is 6.26 Å². The lowest BCUT2D eigenvalue weighted by Gasteiger charge is -2.37. The molecular formula is C38H40N2O5S. The van der Waals surface area contributed by atoms with E-state index in [2.05, 4.69) is 24.1 Å². The molecule has 1 aliphatic heterocycles. The van der Waals surface area contributed by atoms with Gasteiger partial charge in [-0.15, -0.1) is 0 Å². The average Bonchev–Trinajstić information content (AvgIpc) is 3.06. The third-order valence-electron chi connectivity index (χ3n) is 8.37. The molecule has 5 aromatic carbocycles. The normalized spacial score (nSPS) is 17.1. The van der Waals surface area contributed by atoms with E-state index in [0.29, 0.717) is 36.8 Å². The Labute approximate surface area is 271 Å². The van der Waals surface area contributed by atoms with Crippen LogP contribution in [0, 0.1) is 0 Å². The Kier molecular flexibility index (Phi) is 9.59. The van der Waals surface area contributed by atoms with Crippen molar-refractivity contribution in [2.24, 2.45) is 0 Å². The topological polar surface area (TPSA) is 77.1 Å². The summed E-state index contributed by atoms with van der Waals surface area (Å²) in [6.07, 6.45) is 1.21. The van der Waals surface area contributed by atoms with Crippen molar-refractivity contribution < 1.29 is 22.6 Å². The molecular weight excluding hydrogens is 596 g/mol. The summed E-state index contributed by atoms with van der Waals surface area (Å²) in [5.74, 6) is 2.90. The van der Waals surface area contributed by atoms with E-state index in [1.54, 1.807) is 12.1 Å². The van der Waals surface area contributed by atoms with Crippen LogP contribution in [0.3, 0.4) is 0 Å². The average molecular weight is 637 g/mol. The molecule has 1 heterocycles. The van der Waals surface area contributed by atoms with Gasteiger partial charge in [-0.2, -0.15) is 0 Å². The maximum atomic E-state index is 12.1. The highest BCUT2D eigenvalue weighted by Gasteiger charge is 2.22. The van der Waals surface area contributed by atoms with Gasteiger partial charge >= 0.3 is 0 Å². The molecule has 6 rings (SSSR count). The highest BCUT2D eigenvalue weighted by Crippen LogP contribution is 2.41. The van der Waals surface area contributed by atoms with Crippen LogP contribution in [0.5, 0.6) is 23.0 Å². The molecule has 0 aromatic heterocycles. The van der Waals surface area contributed by atoms with Gasteiger partial charge in [0.25, 0.3) is 0 Å². The lowest BCUT2D eigenvalue weighted by Crippen LogP contribution is -2.55. The summed E-state index contributed by atoms with van der Waals surface area (Å²) in [6.45, 7) is 8.43. The number of benzene rings is 5. The van der Waals surface area contributed by atoms with Crippen molar-refractivity contribution in [3.8, 4) is 34.1 Å². The number of rotatable bonds is 11. The van der Waals surface area contributed by atoms with E-state index in [4.69, 9.17) is 14.2 Å². The maximum absolute atomic E-state index is 12.1. The number of piperazine rings is 1. The van der Waals surface area contributed by atoms with Crippen molar-refractivity contribution >= 4 is 20.6 Å². The molecule has 7 nitrogen and oxygen atoms in total. The third kappa shape index (κ3) is 7.70. The fourth-order valence-electron chi connectivity index (χ4n) is 5.74. The van der Waals surface area contributed by atoms with Crippen molar-refractivity contribution in [1.29, 1.82) is 0 Å². The van der Waals surface area contributed by atoms with Gasteiger partial charge < -0.3 is 19.5 Å². The fourth-order valence-corrected chi connectivity index (χ4v) is 6.37. The van der Waals surface area contributed by atoms with Gasteiger partial charge in [-0.1, -0.05) is 48.5 Å². The van der Waals surface area contributed by atoms with Crippen LogP contribution in [0.1, 0.15) is 19.4 Å². The lowest BCUT2D eigenvalue weighted by atomic mass is 9.99. The SMILES string of the molecule is C[C@@H]1CN(CCOc2ccc(Oc3c(-c4ccc(S(C)(=O)=O)cc4)ccc4cc(OCc5ccccc5)ccc34)cc2)[C@@H](C)CN1. The monoisotopic (exact) mass is 636 g/mol. The minimum atomic E-state index is -3.31. The second kappa shape index (κ2) is 14.0. The van der Waals surface area contributed by atoms with Gasteiger partial charge in [0.05, 0.1) is 4.90 Å². The summed E-state index contributed by atoms with van der Waals surface area (Å²) >= 11 is 0. The Hall–Kier alpha value is -4.37. The molecule has 5 aromatic rings. The van der Waals surface area contributed by atoms with Crippen LogP contribution in [0.25, 0.3) is 21.9 Å². The molecule has 0 bridgehead atoms. The zero-order valence-electron chi connectivity index (χ0n) is 26.5. The van der Waals surface area contributed by atoms with Gasteiger partial charge in [0, 0.05) is 48.9 Å². The molecule has 1 N–H and O–H groups in total. The van der Waals surface area contributed by atoms with Crippen LogP contribution in [0.15, 0.2) is 114 Å². The Bertz CT molecular complexity index is 1880. The molecule has 8 heteroatoms. The first-order valence-corrected chi connectivity index (χ1v) is 17.5. The second-order valence-electron chi connectivity index (χ2n) is 12.0. The van der Waals surface area contributed by atoms with Gasteiger partial charge in [-0.05, 0) is 91.0 Å². The highest BCUT2D eigenvalue weighted by molar-refractivity contribution is 7.90. The first-order chi connectivity index (χ1) is 22.2. The van der Waals surface area contributed by atoms with E-state index in [0.717, 1.165) is 58.6 Å². The smallest absolute Gasteiger partial charge is 0.175 e. The first-order valence-electron chi connectivity index (χ1n) is 15.6. The molecule has 0 radical (unpaired) electrons. The van der Waals surface area contributed by atoms with Gasteiger partial charge in [-0.3, -0.25) is 4.90 Å². The molecule has 0 amide bonds.